The second-order valence-corrected chi connectivity index (χ2v) is 5.06. The minimum absolute atomic E-state index is 0.350. The predicted octanol–water partition coefficient (Wildman–Crippen LogP) is 2.93. The SMILES string of the molecule is COCCCOCCC(CN)c1ccccc1Br. The van der Waals surface area contributed by atoms with E-state index in [4.69, 9.17) is 15.2 Å². The predicted molar refractivity (Wildman–Crippen MR) is 77.9 cm³/mol. The van der Waals surface area contributed by atoms with Crippen molar-refractivity contribution in [2.45, 2.75) is 18.8 Å². The maximum Gasteiger partial charge on any atom is 0.0487 e. The van der Waals surface area contributed by atoms with Gasteiger partial charge in [0.2, 0.25) is 0 Å². The fourth-order valence-corrected chi connectivity index (χ4v) is 2.45. The Morgan fingerprint density at radius 2 is 2.00 bits per heavy atom. The summed E-state index contributed by atoms with van der Waals surface area (Å²) in [6, 6.07) is 8.23. The van der Waals surface area contributed by atoms with E-state index in [1.165, 1.54) is 5.56 Å². The zero-order valence-corrected chi connectivity index (χ0v) is 12.5. The third-order valence-electron chi connectivity index (χ3n) is 2.88. The molecule has 0 aliphatic heterocycles. The monoisotopic (exact) mass is 315 g/mol. The van der Waals surface area contributed by atoms with Crippen LogP contribution in [0.5, 0.6) is 0 Å². The summed E-state index contributed by atoms with van der Waals surface area (Å²) in [7, 11) is 1.71. The molecule has 0 aliphatic rings. The summed E-state index contributed by atoms with van der Waals surface area (Å²) < 4.78 is 11.7. The fourth-order valence-electron chi connectivity index (χ4n) is 1.84. The maximum atomic E-state index is 5.84. The fraction of sp³-hybridized carbons (Fsp3) is 0.571. The molecule has 0 fully saturated rings. The van der Waals surface area contributed by atoms with Crippen LogP contribution in [0, 0.1) is 0 Å². The van der Waals surface area contributed by atoms with Gasteiger partial charge in [0.15, 0.2) is 0 Å². The number of hydrogen-bond acceptors (Lipinski definition) is 3. The third-order valence-corrected chi connectivity index (χ3v) is 3.60. The highest BCUT2D eigenvalue weighted by molar-refractivity contribution is 9.10. The van der Waals surface area contributed by atoms with Crippen LogP contribution in [0.2, 0.25) is 0 Å². The van der Waals surface area contributed by atoms with Crippen molar-refractivity contribution in [3.8, 4) is 0 Å². The van der Waals surface area contributed by atoms with E-state index in [2.05, 4.69) is 28.1 Å². The molecule has 0 saturated heterocycles. The summed E-state index contributed by atoms with van der Waals surface area (Å²) in [5.41, 5.74) is 7.10. The zero-order valence-electron chi connectivity index (χ0n) is 10.9. The van der Waals surface area contributed by atoms with Crippen molar-refractivity contribution in [3.05, 3.63) is 34.3 Å². The standard InChI is InChI=1S/C14H22BrNO2/c1-17-8-4-9-18-10-7-12(11-16)13-5-2-3-6-14(13)15/h2-3,5-6,12H,4,7-11,16H2,1H3. The van der Waals surface area contributed by atoms with E-state index in [1.807, 2.05) is 12.1 Å². The first-order valence-corrected chi connectivity index (χ1v) is 7.10. The van der Waals surface area contributed by atoms with Crippen LogP contribution in [0.1, 0.15) is 24.3 Å². The van der Waals surface area contributed by atoms with Crippen LogP contribution in [-0.2, 0) is 9.47 Å². The first-order valence-electron chi connectivity index (χ1n) is 6.30. The minimum atomic E-state index is 0.350. The van der Waals surface area contributed by atoms with Gasteiger partial charge < -0.3 is 15.2 Å². The third kappa shape index (κ3) is 5.48. The lowest BCUT2D eigenvalue weighted by Gasteiger charge is -2.16. The average molecular weight is 316 g/mol. The first kappa shape index (κ1) is 15.6. The summed E-state index contributed by atoms with van der Waals surface area (Å²) in [6.07, 6.45) is 1.89. The van der Waals surface area contributed by atoms with Crippen LogP contribution in [0.3, 0.4) is 0 Å². The molecule has 0 spiro atoms. The molecule has 2 N–H and O–H groups in total. The number of halogens is 1. The van der Waals surface area contributed by atoms with Gasteiger partial charge in [-0.05, 0) is 36.9 Å². The van der Waals surface area contributed by atoms with Crippen LogP contribution in [0.25, 0.3) is 0 Å². The van der Waals surface area contributed by atoms with Crippen molar-refractivity contribution in [1.29, 1.82) is 0 Å². The number of benzene rings is 1. The van der Waals surface area contributed by atoms with E-state index in [0.29, 0.717) is 12.5 Å². The molecule has 4 heteroatoms. The van der Waals surface area contributed by atoms with Gasteiger partial charge in [0.1, 0.15) is 0 Å². The highest BCUT2D eigenvalue weighted by Crippen LogP contribution is 2.26. The first-order chi connectivity index (χ1) is 8.79. The van der Waals surface area contributed by atoms with Gasteiger partial charge in [-0.25, -0.2) is 0 Å². The Balaban J connectivity index is 2.32. The van der Waals surface area contributed by atoms with E-state index >= 15 is 0 Å². The van der Waals surface area contributed by atoms with E-state index < -0.39 is 0 Å². The van der Waals surface area contributed by atoms with Gasteiger partial charge in [-0.3, -0.25) is 0 Å². The Bertz CT molecular complexity index is 333. The molecule has 0 radical (unpaired) electrons. The molecule has 0 bridgehead atoms. The van der Waals surface area contributed by atoms with Gasteiger partial charge in [0, 0.05) is 31.4 Å². The molecular weight excluding hydrogens is 294 g/mol. The Kier molecular flexibility index (Phi) is 8.25. The molecule has 102 valence electrons. The number of hydrogen-bond donors (Lipinski definition) is 1. The summed E-state index contributed by atoms with van der Waals surface area (Å²) >= 11 is 3.57. The Morgan fingerprint density at radius 3 is 2.67 bits per heavy atom. The van der Waals surface area contributed by atoms with Gasteiger partial charge in [0.25, 0.3) is 0 Å². The molecule has 1 unspecified atom stereocenters. The number of rotatable bonds is 9. The van der Waals surface area contributed by atoms with Crippen LogP contribution in [0.15, 0.2) is 28.7 Å². The molecule has 0 amide bonds. The zero-order chi connectivity index (χ0) is 13.2. The van der Waals surface area contributed by atoms with Crippen LogP contribution < -0.4 is 5.73 Å². The summed E-state index contributed by atoms with van der Waals surface area (Å²) in [5.74, 6) is 0.350. The lowest BCUT2D eigenvalue weighted by atomic mass is 9.96. The lowest BCUT2D eigenvalue weighted by Crippen LogP contribution is -2.15. The second-order valence-electron chi connectivity index (χ2n) is 4.20. The van der Waals surface area contributed by atoms with E-state index in [9.17, 15) is 0 Å². The van der Waals surface area contributed by atoms with Gasteiger partial charge in [-0.1, -0.05) is 34.1 Å². The summed E-state index contributed by atoms with van der Waals surface area (Å²) in [4.78, 5) is 0. The highest BCUT2D eigenvalue weighted by atomic mass is 79.9. The van der Waals surface area contributed by atoms with Gasteiger partial charge in [-0.15, -0.1) is 0 Å². The molecule has 3 nitrogen and oxygen atoms in total. The van der Waals surface area contributed by atoms with Crippen molar-refractivity contribution >= 4 is 15.9 Å². The molecular formula is C14H22BrNO2. The maximum absolute atomic E-state index is 5.84. The molecule has 1 atom stereocenters. The highest BCUT2D eigenvalue weighted by Gasteiger charge is 2.12. The van der Waals surface area contributed by atoms with Crippen molar-refractivity contribution in [1.82, 2.24) is 0 Å². The van der Waals surface area contributed by atoms with Crippen LogP contribution in [0.4, 0.5) is 0 Å². The van der Waals surface area contributed by atoms with Crippen LogP contribution in [-0.4, -0.2) is 33.5 Å². The van der Waals surface area contributed by atoms with Crippen molar-refractivity contribution in [2.24, 2.45) is 5.73 Å². The largest absolute Gasteiger partial charge is 0.385 e. The second kappa shape index (κ2) is 9.50. The molecule has 0 aromatic heterocycles. The normalized spacial score (nSPS) is 12.6. The molecule has 0 heterocycles. The lowest BCUT2D eigenvalue weighted by molar-refractivity contribution is 0.0984. The average Bonchev–Trinajstić information content (AvgIpc) is 2.39. The topological polar surface area (TPSA) is 44.5 Å². The smallest absolute Gasteiger partial charge is 0.0487 e. The van der Waals surface area contributed by atoms with E-state index in [-0.39, 0.29) is 0 Å². The molecule has 0 saturated carbocycles. The van der Waals surface area contributed by atoms with Crippen molar-refractivity contribution in [2.75, 3.05) is 33.5 Å². The molecule has 0 aliphatic carbocycles. The van der Waals surface area contributed by atoms with E-state index in [0.717, 1.165) is 37.1 Å². The summed E-state index contributed by atoms with van der Waals surface area (Å²) in [6.45, 7) is 2.89. The number of ether oxygens (including phenoxy) is 2. The molecule has 18 heavy (non-hydrogen) atoms. The van der Waals surface area contributed by atoms with Crippen molar-refractivity contribution < 1.29 is 9.47 Å². The van der Waals surface area contributed by atoms with Crippen molar-refractivity contribution in [3.63, 3.8) is 0 Å². The van der Waals surface area contributed by atoms with Gasteiger partial charge >= 0.3 is 0 Å². The van der Waals surface area contributed by atoms with Gasteiger partial charge in [0.05, 0.1) is 0 Å². The molecule has 1 aromatic carbocycles. The van der Waals surface area contributed by atoms with Crippen LogP contribution >= 0.6 is 15.9 Å². The number of nitrogens with two attached hydrogens (primary N) is 1. The molecule has 1 rings (SSSR count). The quantitative estimate of drug-likeness (QED) is 0.713. The Hall–Kier alpha value is -0.420. The summed E-state index contributed by atoms with van der Waals surface area (Å²) in [5, 5.41) is 0. The Labute approximate surface area is 118 Å². The van der Waals surface area contributed by atoms with E-state index in [1.54, 1.807) is 7.11 Å². The minimum Gasteiger partial charge on any atom is -0.385 e. The number of methoxy groups -OCH3 is 1. The molecule has 1 aromatic rings. The van der Waals surface area contributed by atoms with Gasteiger partial charge in [-0.2, -0.15) is 0 Å². The Morgan fingerprint density at radius 1 is 1.22 bits per heavy atom.